The topological polar surface area (TPSA) is 95.1 Å². The monoisotopic (exact) mass is 383 g/mol. The van der Waals surface area contributed by atoms with Crippen molar-refractivity contribution >= 4 is 18.0 Å². The average Bonchev–Trinajstić information content (AvgIpc) is 2.52. The van der Waals surface area contributed by atoms with Gasteiger partial charge in [0.25, 0.3) is 0 Å². The van der Waals surface area contributed by atoms with E-state index in [2.05, 4.69) is 20.9 Å². The second-order valence-corrected chi connectivity index (χ2v) is 9.02. The van der Waals surface area contributed by atoms with Crippen molar-refractivity contribution in [1.29, 1.82) is 0 Å². The first-order chi connectivity index (χ1) is 12.4. The third-order valence-corrected chi connectivity index (χ3v) is 3.98. The lowest BCUT2D eigenvalue weighted by Gasteiger charge is -2.33. The summed E-state index contributed by atoms with van der Waals surface area (Å²) < 4.78 is 5.42. The zero-order valence-electron chi connectivity index (χ0n) is 17.9. The van der Waals surface area contributed by atoms with Crippen LogP contribution in [0.5, 0.6) is 0 Å². The number of nitrogens with zero attached hydrogens (tertiary/aromatic N) is 2. The molecule has 0 saturated carbocycles. The van der Waals surface area contributed by atoms with Crippen molar-refractivity contribution in [2.75, 3.05) is 33.2 Å². The normalized spacial score (nSPS) is 16.7. The second kappa shape index (κ2) is 9.80. The van der Waals surface area contributed by atoms with Crippen LogP contribution in [0.25, 0.3) is 0 Å². The number of ether oxygens (including phenoxy) is 1. The Morgan fingerprint density at radius 2 is 1.67 bits per heavy atom. The van der Waals surface area contributed by atoms with Gasteiger partial charge in [-0.25, -0.2) is 4.79 Å². The lowest BCUT2D eigenvalue weighted by Crippen LogP contribution is -2.49. The number of aliphatic imine (C=N–C) groups is 1. The number of nitrogens with one attached hydrogen (secondary N) is 3. The maximum absolute atomic E-state index is 12.1. The molecule has 0 bridgehead atoms. The Hall–Kier alpha value is -1.99. The van der Waals surface area contributed by atoms with E-state index in [1.54, 1.807) is 11.9 Å². The first-order valence-corrected chi connectivity index (χ1v) is 9.63. The highest BCUT2D eigenvalue weighted by Gasteiger charge is 2.26. The van der Waals surface area contributed by atoms with E-state index in [4.69, 9.17) is 4.74 Å². The van der Waals surface area contributed by atoms with Gasteiger partial charge in [0.2, 0.25) is 5.91 Å². The molecular weight excluding hydrogens is 346 g/mol. The molecule has 8 heteroatoms. The van der Waals surface area contributed by atoms with Crippen LogP contribution < -0.4 is 16.0 Å². The minimum Gasteiger partial charge on any atom is -0.444 e. The number of rotatable bonds is 4. The van der Waals surface area contributed by atoms with Crippen molar-refractivity contribution in [2.24, 2.45) is 10.9 Å². The highest BCUT2D eigenvalue weighted by Crippen LogP contribution is 2.19. The molecule has 1 aliphatic heterocycles. The fourth-order valence-corrected chi connectivity index (χ4v) is 2.73. The average molecular weight is 384 g/mol. The molecule has 3 N–H and O–H groups in total. The number of likely N-dealkylation sites (tertiary alicyclic amines) is 1. The van der Waals surface area contributed by atoms with E-state index in [0.29, 0.717) is 25.0 Å². The van der Waals surface area contributed by atoms with E-state index in [-0.39, 0.29) is 24.1 Å². The third-order valence-electron chi connectivity index (χ3n) is 3.98. The Balaban J connectivity index is 2.31. The summed E-state index contributed by atoms with van der Waals surface area (Å²) >= 11 is 0. The Morgan fingerprint density at radius 1 is 1.07 bits per heavy atom. The van der Waals surface area contributed by atoms with Crippen LogP contribution in [0.15, 0.2) is 4.99 Å². The fraction of sp³-hybridized carbons (Fsp3) is 0.842. The maximum atomic E-state index is 12.1. The molecule has 0 atom stereocenters. The molecule has 0 aromatic heterocycles. The number of piperidine rings is 1. The zero-order valence-corrected chi connectivity index (χ0v) is 17.9. The minimum absolute atomic E-state index is 0.0730. The summed E-state index contributed by atoms with van der Waals surface area (Å²) in [4.78, 5) is 29.9. The van der Waals surface area contributed by atoms with Crippen molar-refractivity contribution in [3.63, 3.8) is 0 Å². The van der Waals surface area contributed by atoms with Crippen molar-refractivity contribution in [3.05, 3.63) is 0 Å². The van der Waals surface area contributed by atoms with Gasteiger partial charge < -0.3 is 25.6 Å². The van der Waals surface area contributed by atoms with Crippen molar-refractivity contribution in [1.82, 2.24) is 20.9 Å². The van der Waals surface area contributed by atoms with Crippen LogP contribution in [0.1, 0.15) is 54.4 Å². The SMILES string of the molecule is CN=C(NCC(=O)NC(C)(C)C)NCC1CCN(C(=O)OC(C)(C)C)CC1. The quantitative estimate of drug-likeness (QED) is 0.507. The standard InChI is InChI=1S/C19H37N5O3/c1-18(2,3)23-15(25)13-22-16(20-7)21-12-14-8-10-24(11-9-14)17(26)27-19(4,5)6/h14H,8-13H2,1-7H3,(H,23,25)(H2,20,21,22). The number of hydrogen-bond acceptors (Lipinski definition) is 4. The summed E-state index contributed by atoms with van der Waals surface area (Å²) in [7, 11) is 1.68. The van der Waals surface area contributed by atoms with Gasteiger partial charge in [-0.15, -0.1) is 0 Å². The molecule has 0 aromatic rings. The molecule has 8 nitrogen and oxygen atoms in total. The molecular formula is C19H37N5O3. The third kappa shape index (κ3) is 10.1. The van der Waals surface area contributed by atoms with Gasteiger partial charge in [-0.05, 0) is 60.3 Å². The summed E-state index contributed by atoms with van der Waals surface area (Å²) in [6.45, 7) is 13.8. The van der Waals surface area contributed by atoms with Gasteiger partial charge in [-0.3, -0.25) is 9.79 Å². The Morgan fingerprint density at radius 3 is 2.15 bits per heavy atom. The predicted octanol–water partition coefficient (Wildman–Crippen LogP) is 1.71. The van der Waals surface area contributed by atoms with E-state index >= 15 is 0 Å². The Labute approximate surface area is 163 Å². The number of carbonyl (C=O) groups excluding carboxylic acids is 2. The van der Waals surface area contributed by atoms with Crippen LogP contribution in [0.4, 0.5) is 4.79 Å². The molecule has 156 valence electrons. The molecule has 0 radical (unpaired) electrons. The first-order valence-electron chi connectivity index (χ1n) is 9.63. The molecule has 1 saturated heterocycles. The molecule has 1 aliphatic rings. The summed E-state index contributed by atoms with van der Waals surface area (Å²) in [6.07, 6.45) is 1.58. The highest BCUT2D eigenvalue weighted by atomic mass is 16.6. The zero-order chi connectivity index (χ0) is 20.7. The van der Waals surface area contributed by atoms with Gasteiger partial charge in [0.1, 0.15) is 5.60 Å². The Bertz CT molecular complexity index is 526. The van der Waals surface area contributed by atoms with Crippen LogP contribution in [0.2, 0.25) is 0 Å². The van der Waals surface area contributed by atoms with E-state index in [1.807, 2.05) is 41.5 Å². The summed E-state index contributed by atoms with van der Waals surface area (Å²) in [5, 5.41) is 9.19. The number of hydrogen-bond donors (Lipinski definition) is 3. The van der Waals surface area contributed by atoms with Crippen LogP contribution in [0, 0.1) is 5.92 Å². The molecule has 1 heterocycles. The van der Waals surface area contributed by atoms with Crippen LogP contribution in [-0.2, 0) is 9.53 Å². The molecule has 27 heavy (non-hydrogen) atoms. The Kier molecular flexibility index (Phi) is 8.37. The predicted molar refractivity (Wildman–Crippen MR) is 108 cm³/mol. The molecule has 1 rings (SSSR count). The maximum Gasteiger partial charge on any atom is 0.410 e. The lowest BCUT2D eigenvalue weighted by molar-refractivity contribution is -0.121. The first kappa shape index (κ1) is 23.0. The highest BCUT2D eigenvalue weighted by molar-refractivity contribution is 5.86. The van der Waals surface area contributed by atoms with E-state index in [9.17, 15) is 9.59 Å². The number of guanidine groups is 1. The van der Waals surface area contributed by atoms with Gasteiger partial charge in [-0.2, -0.15) is 0 Å². The van der Waals surface area contributed by atoms with Crippen molar-refractivity contribution in [2.45, 2.75) is 65.5 Å². The molecule has 0 aliphatic carbocycles. The molecule has 1 fully saturated rings. The van der Waals surface area contributed by atoms with E-state index in [1.165, 1.54) is 0 Å². The largest absolute Gasteiger partial charge is 0.444 e. The number of carbonyl (C=O) groups is 2. The van der Waals surface area contributed by atoms with Gasteiger partial charge >= 0.3 is 6.09 Å². The van der Waals surface area contributed by atoms with Gasteiger partial charge in [0.05, 0.1) is 6.54 Å². The van der Waals surface area contributed by atoms with Crippen molar-refractivity contribution in [3.8, 4) is 0 Å². The minimum atomic E-state index is -0.465. The fourth-order valence-electron chi connectivity index (χ4n) is 2.73. The van der Waals surface area contributed by atoms with Gasteiger partial charge in [0, 0.05) is 32.2 Å². The van der Waals surface area contributed by atoms with E-state index in [0.717, 1.165) is 19.4 Å². The molecule has 0 aromatic carbocycles. The smallest absolute Gasteiger partial charge is 0.410 e. The van der Waals surface area contributed by atoms with Gasteiger partial charge in [-0.1, -0.05) is 0 Å². The summed E-state index contributed by atoms with van der Waals surface area (Å²) in [5.74, 6) is 0.982. The van der Waals surface area contributed by atoms with Crippen LogP contribution in [-0.4, -0.2) is 67.2 Å². The van der Waals surface area contributed by atoms with Crippen LogP contribution in [0.3, 0.4) is 0 Å². The number of amides is 2. The van der Waals surface area contributed by atoms with Crippen molar-refractivity contribution < 1.29 is 14.3 Å². The van der Waals surface area contributed by atoms with E-state index < -0.39 is 5.60 Å². The van der Waals surface area contributed by atoms with Gasteiger partial charge in [0.15, 0.2) is 5.96 Å². The lowest BCUT2D eigenvalue weighted by atomic mass is 9.97. The molecule has 2 amide bonds. The summed E-state index contributed by atoms with van der Waals surface area (Å²) in [6, 6.07) is 0. The summed E-state index contributed by atoms with van der Waals surface area (Å²) in [5.41, 5.74) is -0.718. The van der Waals surface area contributed by atoms with Crippen LogP contribution >= 0.6 is 0 Å². The molecule has 0 spiro atoms. The second-order valence-electron chi connectivity index (χ2n) is 9.02. The molecule has 0 unspecified atom stereocenters.